The first kappa shape index (κ1) is 24.4. The summed E-state index contributed by atoms with van der Waals surface area (Å²) in [6.07, 6.45) is 3.22. The second-order valence-corrected chi connectivity index (χ2v) is 7.32. The van der Waals surface area contributed by atoms with Crippen LogP contribution in [0.15, 0.2) is 70.3 Å². The molecule has 2 heterocycles. The van der Waals surface area contributed by atoms with Crippen molar-refractivity contribution in [2.75, 3.05) is 25.1 Å². The van der Waals surface area contributed by atoms with Crippen molar-refractivity contribution in [1.82, 2.24) is 5.32 Å². The average Bonchev–Trinajstić information content (AvgIpc) is 3.21. The highest BCUT2D eigenvalue weighted by Gasteiger charge is 2.12. The fourth-order valence-corrected chi connectivity index (χ4v) is 3.27. The van der Waals surface area contributed by atoms with Crippen LogP contribution in [0.2, 0.25) is 0 Å². The van der Waals surface area contributed by atoms with Gasteiger partial charge in [0.05, 0.1) is 26.0 Å². The molecule has 0 saturated carbocycles. The van der Waals surface area contributed by atoms with Gasteiger partial charge in [-0.3, -0.25) is 4.79 Å². The predicted octanol–water partition coefficient (Wildman–Crippen LogP) is 3.96. The predicted molar refractivity (Wildman–Crippen MR) is 138 cm³/mol. The van der Waals surface area contributed by atoms with Crippen LogP contribution in [0.5, 0.6) is 11.5 Å². The number of hydrogen-bond donors (Lipinski definition) is 3. The Bertz CT molecular complexity index is 1090. The maximum Gasteiger partial charge on any atom is 0.248 e. The van der Waals surface area contributed by atoms with E-state index in [0.29, 0.717) is 50.0 Å². The zero-order valence-electron chi connectivity index (χ0n) is 18.1. The number of anilines is 1. The number of guanidine groups is 1. The second kappa shape index (κ2) is 12.1. The third-order valence-electron chi connectivity index (χ3n) is 4.89. The number of nitrogens with one attached hydrogen (secondary N) is 2. The third kappa shape index (κ3) is 7.14. The van der Waals surface area contributed by atoms with Gasteiger partial charge < -0.3 is 30.3 Å². The van der Waals surface area contributed by atoms with Crippen LogP contribution in [-0.4, -0.2) is 31.6 Å². The number of primary amides is 1. The van der Waals surface area contributed by atoms with Crippen LogP contribution in [0, 0.1) is 0 Å². The fourth-order valence-electron chi connectivity index (χ4n) is 3.27. The molecular weight excluding hydrogens is 535 g/mol. The maximum absolute atomic E-state index is 11.5. The van der Waals surface area contributed by atoms with Gasteiger partial charge in [0.15, 0.2) is 17.5 Å². The Balaban J connectivity index is 0.00000306. The molecular formula is C24H27IN4O4. The molecule has 0 fully saturated rings. The standard InChI is InChI=1S/C24H26N4O4.HI/c25-23(29)18-5-1-4-17(14-18)16-27-24(26-10-9-20-6-2-11-30-20)28-19-7-8-21-22(15-19)32-13-3-12-31-21;/h1-2,4-8,11,14-15H,3,9-10,12-13,16H2,(H2,25,29)(H2,26,27,28);1H. The number of amides is 1. The largest absolute Gasteiger partial charge is 0.490 e. The molecule has 1 aromatic heterocycles. The number of carbonyl (C=O) groups excluding carboxylic acids is 1. The normalized spacial score (nSPS) is 12.9. The Kier molecular flexibility index (Phi) is 8.99. The number of nitrogens with two attached hydrogens (primary N) is 1. The van der Waals surface area contributed by atoms with Crippen LogP contribution < -0.4 is 25.8 Å². The zero-order valence-corrected chi connectivity index (χ0v) is 20.4. The summed E-state index contributed by atoms with van der Waals surface area (Å²) < 4.78 is 16.9. The average molecular weight is 562 g/mol. The van der Waals surface area contributed by atoms with Crippen LogP contribution in [0.4, 0.5) is 5.69 Å². The molecule has 0 radical (unpaired) electrons. The van der Waals surface area contributed by atoms with Crippen molar-refractivity contribution in [3.8, 4) is 11.5 Å². The van der Waals surface area contributed by atoms with Crippen molar-refractivity contribution < 1.29 is 18.7 Å². The molecule has 3 aromatic rings. The number of benzene rings is 2. The summed E-state index contributed by atoms with van der Waals surface area (Å²) in [5, 5.41) is 6.64. The van der Waals surface area contributed by atoms with E-state index in [9.17, 15) is 4.79 Å². The summed E-state index contributed by atoms with van der Waals surface area (Å²) in [5.74, 6) is 2.47. The third-order valence-corrected chi connectivity index (χ3v) is 4.89. The Morgan fingerprint density at radius 1 is 1.03 bits per heavy atom. The minimum absolute atomic E-state index is 0. The topological polar surface area (TPSA) is 111 Å². The highest BCUT2D eigenvalue weighted by atomic mass is 127. The van der Waals surface area contributed by atoms with E-state index in [1.165, 1.54) is 0 Å². The number of aliphatic imine (C=N–C) groups is 1. The lowest BCUT2D eigenvalue weighted by Gasteiger charge is -2.14. The van der Waals surface area contributed by atoms with Gasteiger partial charge >= 0.3 is 0 Å². The highest BCUT2D eigenvalue weighted by molar-refractivity contribution is 14.0. The van der Waals surface area contributed by atoms with Gasteiger partial charge in [-0.1, -0.05) is 12.1 Å². The van der Waals surface area contributed by atoms with Gasteiger partial charge in [0, 0.05) is 36.7 Å². The molecule has 4 rings (SSSR count). The SMILES string of the molecule is I.NC(=O)c1cccc(CN=C(NCCc2ccco2)Nc2ccc3c(c2)OCCCO3)c1. The quantitative estimate of drug-likeness (QED) is 0.229. The Labute approximate surface area is 209 Å². The van der Waals surface area contributed by atoms with E-state index in [1.807, 2.05) is 36.4 Å². The molecule has 0 unspecified atom stereocenters. The molecule has 0 aliphatic carbocycles. The lowest BCUT2D eigenvalue weighted by atomic mass is 10.1. The summed E-state index contributed by atoms with van der Waals surface area (Å²) in [5.41, 5.74) is 7.55. The van der Waals surface area contributed by atoms with Gasteiger partial charge in [-0.25, -0.2) is 4.99 Å². The molecule has 0 atom stereocenters. The van der Waals surface area contributed by atoms with E-state index in [1.54, 1.807) is 24.5 Å². The number of nitrogens with zero attached hydrogens (tertiary/aromatic N) is 1. The lowest BCUT2D eigenvalue weighted by Crippen LogP contribution is -2.32. The lowest BCUT2D eigenvalue weighted by molar-refractivity contribution is 0.1000. The van der Waals surface area contributed by atoms with Gasteiger partial charge in [-0.2, -0.15) is 0 Å². The van der Waals surface area contributed by atoms with E-state index >= 15 is 0 Å². The van der Waals surface area contributed by atoms with Crippen LogP contribution in [0.1, 0.15) is 28.1 Å². The number of furan rings is 1. The van der Waals surface area contributed by atoms with E-state index in [2.05, 4.69) is 15.6 Å². The summed E-state index contributed by atoms with van der Waals surface area (Å²) in [7, 11) is 0. The van der Waals surface area contributed by atoms with Crippen molar-refractivity contribution in [2.24, 2.45) is 10.7 Å². The van der Waals surface area contributed by atoms with Gasteiger partial charge in [0.1, 0.15) is 5.76 Å². The van der Waals surface area contributed by atoms with Crippen LogP contribution in [-0.2, 0) is 13.0 Å². The molecule has 0 saturated heterocycles. The summed E-state index contributed by atoms with van der Waals surface area (Å²) in [6.45, 7) is 2.27. The molecule has 33 heavy (non-hydrogen) atoms. The molecule has 9 heteroatoms. The Morgan fingerprint density at radius 3 is 2.67 bits per heavy atom. The van der Waals surface area contributed by atoms with Gasteiger partial charge in [0.25, 0.3) is 0 Å². The number of hydrogen-bond acceptors (Lipinski definition) is 5. The van der Waals surface area contributed by atoms with Crippen LogP contribution >= 0.6 is 24.0 Å². The molecule has 1 aliphatic rings. The molecule has 2 aromatic carbocycles. The molecule has 0 spiro atoms. The number of fused-ring (bicyclic) bond motifs is 1. The Hall–Kier alpha value is -3.21. The van der Waals surface area contributed by atoms with Crippen molar-refractivity contribution in [3.05, 3.63) is 77.7 Å². The maximum atomic E-state index is 11.5. The number of rotatable bonds is 7. The van der Waals surface area contributed by atoms with Gasteiger partial charge in [-0.05, 0) is 42.0 Å². The van der Waals surface area contributed by atoms with Gasteiger partial charge in [-0.15, -0.1) is 24.0 Å². The first-order valence-electron chi connectivity index (χ1n) is 10.5. The van der Waals surface area contributed by atoms with E-state index in [0.717, 1.165) is 29.2 Å². The molecule has 1 amide bonds. The molecule has 0 bridgehead atoms. The van der Waals surface area contributed by atoms with Crippen LogP contribution in [0.25, 0.3) is 0 Å². The number of halogens is 1. The molecule has 1 aliphatic heterocycles. The first-order valence-corrected chi connectivity index (χ1v) is 10.5. The Morgan fingerprint density at radius 2 is 1.88 bits per heavy atom. The van der Waals surface area contributed by atoms with E-state index < -0.39 is 5.91 Å². The highest BCUT2D eigenvalue weighted by Crippen LogP contribution is 2.32. The second-order valence-electron chi connectivity index (χ2n) is 7.32. The van der Waals surface area contributed by atoms with Gasteiger partial charge in [0.2, 0.25) is 5.91 Å². The summed E-state index contributed by atoms with van der Waals surface area (Å²) >= 11 is 0. The van der Waals surface area contributed by atoms with Crippen molar-refractivity contribution in [2.45, 2.75) is 19.4 Å². The monoisotopic (exact) mass is 562 g/mol. The van der Waals surface area contributed by atoms with E-state index in [-0.39, 0.29) is 24.0 Å². The number of carbonyl (C=O) groups is 1. The first-order chi connectivity index (χ1) is 15.7. The molecule has 8 nitrogen and oxygen atoms in total. The van der Waals surface area contributed by atoms with Crippen molar-refractivity contribution >= 4 is 41.5 Å². The summed E-state index contributed by atoms with van der Waals surface area (Å²) in [6, 6.07) is 16.7. The van der Waals surface area contributed by atoms with Crippen LogP contribution in [0.3, 0.4) is 0 Å². The minimum Gasteiger partial charge on any atom is -0.490 e. The smallest absolute Gasteiger partial charge is 0.248 e. The zero-order chi connectivity index (χ0) is 22.2. The fraction of sp³-hybridized carbons (Fsp3) is 0.250. The van der Waals surface area contributed by atoms with Crippen molar-refractivity contribution in [1.29, 1.82) is 0 Å². The number of ether oxygens (including phenoxy) is 2. The molecule has 174 valence electrons. The van der Waals surface area contributed by atoms with E-state index in [4.69, 9.17) is 19.6 Å². The molecule has 4 N–H and O–H groups in total. The minimum atomic E-state index is -0.460. The van der Waals surface area contributed by atoms with Crippen molar-refractivity contribution in [3.63, 3.8) is 0 Å². The summed E-state index contributed by atoms with van der Waals surface area (Å²) in [4.78, 5) is 16.1.